The third-order valence-corrected chi connectivity index (χ3v) is 2.81. The van der Waals surface area contributed by atoms with Crippen LogP contribution in [0.15, 0.2) is 41.5 Å². The van der Waals surface area contributed by atoms with Crippen LogP contribution >= 0.6 is 0 Å². The Labute approximate surface area is 131 Å². The third-order valence-electron chi connectivity index (χ3n) is 2.81. The summed E-state index contributed by atoms with van der Waals surface area (Å²) in [6, 6.07) is 4.65. The molecule has 0 aliphatic heterocycles. The Balaban J connectivity index is 2.84. The van der Waals surface area contributed by atoms with E-state index in [0.29, 0.717) is 29.8 Å². The molecule has 0 unspecified atom stereocenters. The van der Waals surface area contributed by atoms with Gasteiger partial charge in [0, 0.05) is 0 Å². The number of allylic oxidation sites excluding steroid dienone is 2. The van der Waals surface area contributed by atoms with Gasteiger partial charge in [-0.2, -0.15) is 0 Å². The first kappa shape index (κ1) is 17.7. The molecule has 0 saturated carbocycles. The molecule has 0 aromatic heterocycles. The first-order valence-electron chi connectivity index (χ1n) is 7.10. The maximum Gasteiger partial charge on any atom is 0.338 e. The molecular formula is C18H22O4. The van der Waals surface area contributed by atoms with E-state index in [9.17, 15) is 9.59 Å². The zero-order chi connectivity index (χ0) is 16.5. The molecule has 0 bridgehead atoms. The molecule has 0 N–H and O–H groups in total. The first-order valence-corrected chi connectivity index (χ1v) is 7.10. The van der Waals surface area contributed by atoms with Crippen molar-refractivity contribution in [2.24, 2.45) is 0 Å². The van der Waals surface area contributed by atoms with E-state index < -0.39 is 5.97 Å². The molecule has 0 aliphatic rings. The van der Waals surface area contributed by atoms with Crippen molar-refractivity contribution < 1.29 is 19.1 Å². The minimum Gasteiger partial charge on any atom is -0.489 e. The number of esters is 1. The van der Waals surface area contributed by atoms with Crippen LogP contribution in [0.4, 0.5) is 0 Å². The van der Waals surface area contributed by atoms with Crippen molar-refractivity contribution >= 4 is 12.3 Å². The molecule has 4 heteroatoms. The summed E-state index contributed by atoms with van der Waals surface area (Å²) in [5.41, 5.74) is 2.96. The highest BCUT2D eigenvalue weighted by atomic mass is 16.5. The monoisotopic (exact) mass is 302 g/mol. The van der Waals surface area contributed by atoms with Crippen LogP contribution in [0.5, 0.6) is 5.75 Å². The summed E-state index contributed by atoms with van der Waals surface area (Å²) in [4.78, 5) is 23.0. The van der Waals surface area contributed by atoms with Gasteiger partial charge in [0.1, 0.15) is 19.0 Å². The molecule has 118 valence electrons. The molecule has 1 aromatic carbocycles. The molecule has 0 radical (unpaired) electrons. The summed E-state index contributed by atoms with van der Waals surface area (Å²) in [5, 5.41) is 0. The summed E-state index contributed by atoms with van der Waals surface area (Å²) >= 11 is 0. The summed E-state index contributed by atoms with van der Waals surface area (Å²) in [7, 11) is 0. The number of rotatable bonds is 7. The van der Waals surface area contributed by atoms with E-state index in [1.807, 2.05) is 39.8 Å². The Morgan fingerprint density at radius 2 is 1.68 bits per heavy atom. The second-order valence-electron chi connectivity index (χ2n) is 5.34. The molecule has 0 heterocycles. The van der Waals surface area contributed by atoms with Crippen LogP contribution in [0.25, 0.3) is 0 Å². The zero-order valence-corrected chi connectivity index (χ0v) is 13.5. The highest BCUT2D eigenvalue weighted by molar-refractivity contribution is 5.92. The smallest absolute Gasteiger partial charge is 0.338 e. The van der Waals surface area contributed by atoms with Crippen LogP contribution < -0.4 is 4.74 Å². The average Bonchev–Trinajstić information content (AvgIpc) is 2.46. The fourth-order valence-corrected chi connectivity index (χ4v) is 1.55. The molecule has 0 spiro atoms. The fourth-order valence-electron chi connectivity index (χ4n) is 1.55. The lowest BCUT2D eigenvalue weighted by atomic mass is 10.1. The Bertz CT molecular complexity index is 589. The largest absolute Gasteiger partial charge is 0.489 e. The van der Waals surface area contributed by atoms with Crippen molar-refractivity contribution in [3.05, 3.63) is 52.6 Å². The van der Waals surface area contributed by atoms with Gasteiger partial charge in [0.25, 0.3) is 0 Å². The lowest BCUT2D eigenvalue weighted by Crippen LogP contribution is -2.07. The lowest BCUT2D eigenvalue weighted by molar-refractivity contribution is 0.0548. The molecule has 1 aromatic rings. The molecule has 0 atom stereocenters. The summed E-state index contributed by atoms with van der Waals surface area (Å²) < 4.78 is 10.7. The van der Waals surface area contributed by atoms with E-state index in [-0.39, 0.29) is 6.61 Å². The van der Waals surface area contributed by atoms with Gasteiger partial charge in [0.05, 0.1) is 11.1 Å². The molecule has 1 rings (SSSR count). The third kappa shape index (κ3) is 5.95. The Hall–Kier alpha value is -2.36. The molecular weight excluding hydrogens is 280 g/mol. The second-order valence-corrected chi connectivity index (χ2v) is 5.34. The maximum absolute atomic E-state index is 12.0. The van der Waals surface area contributed by atoms with Gasteiger partial charge < -0.3 is 9.47 Å². The van der Waals surface area contributed by atoms with Crippen LogP contribution in [0.2, 0.25) is 0 Å². The number of ether oxygens (including phenoxy) is 2. The summed E-state index contributed by atoms with van der Waals surface area (Å²) in [5.74, 6) is -0.0637. The van der Waals surface area contributed by atoms with Crippen molar-refractivity contribution in [1.82, 2.24) is 0 Å². The fraction of sp³-hybridized carbons (Fsp3) is 0.333. The molecule has 0 amide bonds. The zero-order valence-electron chi connectivity index (χ0n) is 13.5. The van der Waals surface area contributed by atoms with E-state index >= 15 is 0 Å². The van der Waals surface area contributed by atoms with Crippen LogP contribution in [-0.4, -0.2) is 25.5 Å². The summed E-state index contributed by atoms with van der Waals surface area (Å²) in [6.45, 7) is 8.36. The van der Waals surface area contributed by atoms with Crippen LogP contribution in [-0.2, 0) is 4.74 Å². The first-order chi connectivity index (χ1) is 10.4. The van der Waals surface area contributed by atoms with Crippen molar-refractivity contribution in [3.8, 4) is 5.75 Å². The van der Waals surface area contributed by atoms with Gasteiger partial charge in [0.2, 0.25) is 0 Å². The lowest BCUT2D eigenvalue weighted by Gasteiger charge is -2.09. The number of benzene rings is 1. The summed E-state index contributed by atoms with van der Waals surface area (Å²) in [6.07, 6.45) is 4.43. The van der Waals surface area contributed by atoms with Gasteiger partial charge in [-0.05, 0) is 58.0 Å². The van der Waals surface area contributed by atoms with E-state index in [1.165, 1.54) is 6.07 Å². The van der Waals surface area contributed by atoms with Crippen molar-refractivity contribution in [3.63, 3.8) is 0 Å². The number of carbonyl (C=O) groups excluding carboxylic acids is 2. The Kier molecular flexibility index (Phi) is 7.09. The number of hydrogen-bond donors (Lipinski definition) is 0. The van der Waals surface area contributed by atoms with Gasteiger partial charge >= 0.3 is 5.97 Å². The molecule has 0 saturated heterocycles. The van der Waals surface area contributed by atoms with Gasteiger partial charge in [0.15, 0.2) is 6.29 Å². The minimum atomic E-state index is -0.443. The number of aldehydes is 1. The second kappa shape index (κ2) is 8.82. The van der Waals surface area contributed by atoms with E-state index in [1.54, 1.807) is 12.1 Å². The Morgan fingerprint density at radius 3 is 2.27 bits per heavy atom. The van der Waals surface area contributed by atoms with Crippen LogP contribution in [0.3, 0.4) is 0 Å². The quantitative estimate of drug-likeness (QED) is 0.434. The van der Waals surface area contributed by atoms with Gasteiger partial charge in [-0.3, -0.25) is 4.79 Å². The SMILES string of the molecule is CC(C)=CCOC(=O)c1ccc(C=O)c(OCC=C(C)C)c1. The maximum atomic E-state index is 12.0. The highest BCUT2D eigenvalue weighted by Crippen LogP contribution is 2.20. The van der Waals surface area contributed by atoms with E-state index in [2.05, 4.69) is 0 Å². The standard InChI is InChI=1S/C18H22O4/c1-13(2)7-9-21-17-11-15(5-6-16(17)12-19)18(20)22-10-8-14(3)4/h5-8,11-12H,9-10H2,1-4H3. The minimum absolute atomic E-state index is 0.227. The molecule has 4 nitrogen and oxygen atoms in total. The van der Waals surface area contributed by atoms with E-state index in [0.717, 1.165) is 11.1 Å². The molecule has 22 heavy (non-hydrogen) atoms. The van der Waals surface area contributed by atoms with E-state index in [4.69, 9.17) is 9.47 Å². The Morgan fingerprint density at radius 1 is 1.05 bits per heavy atom. The molecule has 0 aliphatic carbocycles. The van der Waals surface area contributed by atoms with Gasteiger partial charge in [-0.1, -0.05) is 11.1 Å². The predicted octanol–water partition coefficient (Wildman–Crippen LogP) is 3.97. The topological polar surface area (TPSA) is 52.6 Å². The average molecular weight is 302 g/mol. The normalized spacial score (nSPS) is 9.64. The number of carbonyl (C=O) groups is 2. The van der Waals surface area contributed by atoms with Crippen molar-refractivity contribution in [1.29, 1.82) is 0 Å². The van der Waals surface area contributed by atoms with Gasteiger partial charge in [-0.15, -0.1) is 0 Å². The number of hydrogen-bond acceptors (Lipinski definition) is 4. The molecule has 0 fully saturated rings. The van der Waals surface area contributed by atoms with Gasteiger partial charge in [-0.25, -0.2) is 4.79 Å². The predicted molar refractivity (Wildman–Crippen MR) is 86.5 cm³/mol. The van der Waals surface area contributed by atoms with Crippen LogP contribution in [0.1, 0.15) is 48.4 Å². The van der Waals surface area contributed by atoms with Crippen molar-refractivity contribution in [2.45, 2.75) is 27.7 Å². The highest BCUT2D eigenvalue weighted by Gasteiger charge is 2.11. The van der Waals surface area contributed by atoms with Crippen molar-refractivity contribution in [2.75, 3.05) is 13.2 Å². The van der Waals surface area contributed by atoms with Crippen LogP contribution in [0, 0.1) is 0 Å².